The maximum Gasteiger partial charge on any atom is 0.326 e. The van der Waals surface area contributed by atoms with E-state index in [4.69, 9.17) is 0 Å². The molecular weight excluding hydrogens is 270 g/mol. The molecule has 0 saturated heterocycles. The molecule has 2 amide bonds. The van der Waals surface area contributed by atoms with Gasteiger partial charge in [0.1, 0.15) is 6.04 Å². The molecule has 4 N–H and O–H groups in total. The van der Waals surface area contributed by atoms with E-state index >= 15 is 0 Å². The van der Waals surface area contributed by atoms with Crippen molar-refractivity contribution in [2.45, 2.75) is 33.4 Å². The molecule has 0 fully saturated rings. The number of hydrogen-bond donors (Lipinski definition) is 4. The average Bonchev–Trinajstić information content (AvgIpc) is 2.35. The second-order valence-electron chi connectivity index (χ2n) is 5.97. The van der Waals surface area contributed by atoms with E-state index in [1.807, 2.05) is 25.2 Å². The quantitative estimate of drug-likeness (QED) is 0.668. The van der Waals surface area contributed by atoms with Crippen molar-refractivity contribution >= 4 is 17.7 Å². The molecule has 0 aliphatic heterocycles. The van der Waals surface area contributed by atoms with Gasteiger partial charge in [-0.25, -0.2) is 9.59 Å². The minimum Gasteiger partial charge on any atom is -0.480 e. The predicted octanol–water partition coefficient (Wildman–Crippen LogP) is 2.03. The standard InChI is InChI=1S/C15H23N3O3/c1-15(2,3)12(13(19)20)18-14(21)17-11-7-5-6-10(8-11)9-16-4/h5-8,12,16H,9H2,1-4H3,(H,19,20)(H2,17,18,21)/t12-/m1/s1. The fraction of sp³-hybridized carbons (Fsp3) is 0.467. The van der Waals surface area contributed by atoms with Crippen molar-refractivity contribution < 1.29 is 14.7 Å². The summed E-state index contributed by atoms with van der Waals surface area (Å²) in [6.07, 6.45) is 0. The van der Waals surface area contributed by atoms with Crippen molar-refractivity contribution in [3.63, 3.8) is 0 Å². The number of aliphatic carboxylic acids is 1. The Bertz CT molecular complexity index is 509. The van der Waals surface area contributed by atoms with E-state index in [1.54, 1.807) is 26.8 Å². The predicted molar refractivity (Wildman–Crippen MR) is 82.2 cm³/mol. The highest BCUT2D eigenvalue weighted by atomic mass is 16.4. The fourth-order valence-electron chi connectivity index (χ4n) is 1.91. The van der Waals surface area contributed by atoms with Crippen molar-refractivity contribution in [2.24, 2.45) is 5.41 Å². The van der Waals surface area contributed by atoms with Gasteiger partial charge in [-0.15, -0.1) is 0 Å². The molecule has 6 nitrogen and oxygen atoms in total. The van der Waals surface area contributed by atoms with Gasteiger partial charge in [-0.1, -0.05) is 32.9 Å². The lowest BCUT2D eigenvalue weighted by molar-refractivity contribution is -0.141. The van der Waals surface area contributed by atoms with E-state index < -0.39 is 23.5 Å². The molecule has 0 aromatic heterocycles. The van der Waals surface area contributed by atoms with Gasteiger partial charge in [-0.3, -0.25) is 0 Å². The molecule has 0 aliphatic rings. The number of urea groups is 1. The number of anilines is 1. The molecule has 0 saturated carbocycles. The molecule has 1 aromatic rings. The summed E-state index contributed by atoms with van der Waals surface area (Å²) >= 11 is 0. The molecule has 1 atom stereocenters. The first-order valence-corrected chi connectivity index (χ1v) is 6.78. The summed E-state index contributed by atoms with van der Waals surface area (Å²) in [6.45, 7) is 5.98. The molecule has 6 heteroatoms. The average molecular weight is 293 g/mol. The zero-order valence-corrected chi connectivity index (χ0v) is 12.9. The van der Waals surface area contributed by atoms with Crippen molar-refractivity contribution in [2.75, 3.05) is 12.4 Å². The van der Waals surface area contributed by atoms with Gasteiger partial charge in [0.05, 0.1) is 0 Å². The van der Waals surface area contributed by atoms with E-state index in [2.05, 4.69) is 16.0 Å². The number of carbonyl (C=O) groups excluding carboxylic acids is 1. The molecule has 0 aliphatic carbocycles. The highest BCUT2D eigenvalue weighted by Crippen LogP contribution is 2.19. The first-order chi connectivity index (χ1) is 9.74. The van der Waals surface area contributed by atoms with Crippen LogP contribution in [0.5, 0.6) is 0 Å². The highest BCUT2D eigenvalue weighted by molar-refractivity contribution is 5.92. The monoisotopic (exact) mass is 293 g/mol. The van der Waals surface area contributed by atoms with Crippen molar-refractivity contribution in [3.8, 4) is 0 Å². The number of benzene rings is 1. The first-order valence-electron chi connectivity index (χ1n) is 6.78. The maximum absolute atomic E-state index is 11.9. The minimum atomic E-state index is -1.05. The van der Waals surface area contributed by atoms with Gasteiger partial charge in [0.2, 0.25) is 0 Å². The van der Waals surface area contributed by atoms with Gasteiger partial charge in [-0.2, -0.15) is 0 Å². The van der Waals surface area contributed by atoms with Gasteiger partial charge < -0.3 is 21.1 Å². The largest absolute Gasteiger partial charge is 0.480 e. The van der Waals surface area contributed by atoms with Crippen LogP contribution in [0.3, 0.4) is 0 Å². The molecule has 0 heterocycles. The third kappa shape index (κ3) is 5.43. The summed E-state index contributed by atoms with van der Waals surface area (Å²) in [5, 5.41) is 17.4. The van der Waals surface area contributed by atoms with Crippen LogP contribution in [0, 0.1) is 5.41 Å². The SMILES string of the molecule is CNCc1cccc(NC(=O)N[C@H](C(=O)O)C(C)(C)C)c1. The lowest BCUT2D eigenvalue weighted by Gasteiger charge is -2.27. The van der Waals surface area contributed by atoms with Crippen molar-refractivity contribution in [1.29, 1.82) is 0 Å². The van der Waals surface area contributed by atoms with Crippen LogP contribution >= 0.6 is 0 Å². The normalized spacial score (nSPS) is 12.6. The number of rotatable bonds is 5. The highest BCUT2D eigenvalue weighted by Gasteiger charge is 2.32. The van der Waals surface area contributed by atoms with Crippen LogP contribution in [0.4, 0.5) is 10.5 Å². The van der Waals surface area contributed by atoms with Gasteiger partial charge in [0.15, 0.2) is 0 Å². The zero-order valence-electron chi connectivity index (χ0n) is 12.9. The third-order valence-electron chi connectivity index (χ3n) is 2.95. The third-order valence-corrected chi connectivity index (χ3v) is 2.95. The van der Waals surface area contributed by atoms with E-state index in [0.29, 0.717) is 12.2 Å². The minimum absolute atomic E-state index is 0.529. The number of carboxylic acids is 1. The Morgan fingerprint density at radius 1 is 1.29 bits per heavy atom. The van der Waals surface area contributed by atoms with Crippen LogP contribution in [-0.4, -0.2) is 30.2 Å². The van der Waals surface area contributed by atoms with Gasteiger partial charge in [0.25, 0.3) is 0 Å². The van der Waals surface area contributed by atoms with Crippen LogP contribution < -0.4 is 16.0 Å². The van der Waals surface area contributed by atoms with Crippen LogP contribution in [0.15, 0.2) is 24.3 Å². The lowest BCUT2D eigenvalue weighted by atomic mass is 9.87. The lowest BCUT2D eigenvalue weighted by Crippen LogP contribution is -2.50. The number of carbonyl (C=O) groups is 2. The summed E-state index contributed by atoms with van der Waals surface area (Å²) < 4.78 is 0. The molecule has 1 aromatic carbocycles. The van der Waals surface area contributed by atoms with E-state index in [-0.39, 0.29) is 0 Å². The Morgan fingerprint density at radius 2 is 1.95 bits per heavy atom. The van der Waals surface area contributed by atoms with Crippen molar-refractivity contribution in [3.05, 3.63) is 29.8 Å². The molecular formula is C15H23N3O3. The molecule has 0 unspecified atom stereocenters. The number of amides is 2. The Kier molecular flexibility index (Phi) is 5.72. The molecule has 1 rings (SSSR count). The van der Waals surface area contributed by atoms with Crippen LogP contribution in [0.2, 0.25) is 0 Å². The van der Waals surface area contributed by atoms with Gasteiger partial charge >= 0.3 is 12.0 Å². The van der Waals surface area contributed by atoms with Crippen LogP contribution in [-0.2, 0) is 11.3 Å². The number of hydrogen-bond acceptors (Lipinski definition) is 3. The second-order valence-corrected chi connectivity index (χ2v) is 5.97. The summed E-state index contributed by atoms with van der Waals surface area (Å²) in [5.41, 5.74) is 1.08. The van der Waals surface area contributed by atoms with Crippen LogP contribution in [0.25, 0.3) is 0 Å². The molecule has 116 valence electrons. The maximum atomic E-state index is 11.9. The summed E-state index contributed by atoms with van der Waals surface area (Å²) in [6, 6.07) is 5.88. The Morgan fingerprint density at radius 3 is 2.48 bits per heavy atom. The number of nitrogens with one attached hydrogen (secondary N) is 3. The molecule has 21 heavy (non-hydrogen) atoms. The first kappa shape index (κ1) is 17.0. The van der Waals surface area contributed by atoms with Crippen LogP contribution in [0.1, 0.15) is 26.3 Å². The Balaban J connectivity index is 2.72. The molecule has 0 bridgehead atoms. The summed E-state index contributed by atoms with van der Waals surface area (Å²) in [7, 11) is 1.84. The zero-order chi connectivity index (χ0) is 16.0. The van der Waals surface area contributed by atoms with E-state index in [9.17, 15) is 14.7 Å². The van der Waals surface area contributed by atoms with Crippen molar-refractivity contribution in [1.82, 2.24) is 10.6 Å². The summed E-state index contributed by atoms with van der Waals surface area (Å²) in [4.78, 5) is 23.2. The van der Waals surface area contributed by atoms with Gasteiger partial charge in [-0.05, 0) is 30.2 Å². The second kappa shape index (κ2) is 7.08. The number of carboxylic acid groups (broad SMARTS) is 1. The Labute approximate surface area is 124 Å². The molecule has 0 radical (unpaired) electrons. The smallest absolute Gasteiger partial charge is 0.326 e. The van der Waals surface area contributed by atoms with E-state index in [0.717, 1.165) is 5.56 Å². The molecule has 0 spiro atoms. The van der Waals surface area contributed by atoms with Gasteiger partial charge in [0, 0.05) is 12.2 Å². The fourth-order valence-corrected chi connectivity index (χ4v) is 1.91. The Hall–Kier alpha value is -2.08. The topological polar surface area (TPSA) is 90.5 Å². The summed E-state index contributed by atoms with van der Waals surface area (Å²) in [5.74, 6) is -1.05. The van der Waals surface area contributed by atoms with E-state index in [1.165, 1.54) is 0 Å².